The van der Waals surface area contributed by atoms with E-state index in [1.54, 1.807) is 0 Å². The predicted molar refractivity (Wildman–Crippen MR) is 81.6 cm³/mol. The molecule has 5 nitrogen and oxygen atoms in total. The lowest BCUT2D eigenvalue weighted by Crippen LogP contribution is -2.23. The van der Waals surface area contributed by atoms with Gasteiger partial charge in [-0.15, -0.1) is 11.3 Å². The zero-order valence-electron chi connectivity index (χ0n) is 11.9. The number of likely N-dealkylation sites (tertiary alicyclic amines) is 1. The molecule has 110 valence electrons. The number of nitrogen functional groups attached to an aromatic ring is 1. The molecule has 1 atom stereocenters. The number of anilines is 2. The average Bonchev–Trinajstić information content (AvgIpc) is 3.10. The highest BCUT2D eigenvalue weighted by Gasteiger charge is 2.34. The number of nitrogens with one attached hydrogen (secondary N) is 1. The van der Waals surface area contributed by atoms with Crippen molar-refractivity contribution in [1.82, 2.24) is 4.90 Å². The predicted octanol–water partition coefficient (Wildman–Crippen LogP) is 2.11. The molecule has 1 aromatic rings. The number of ether oxygens (including phenoxy) is 1. The highest BCUT2D eigenvalue weighted by molar-refractivity contribution is 7.18. The number of likely N-dealkylation sites (N-methyl/N-ethyl adjacent to an activating group) is 1. The maximum Gasteiger partial charge on any atom is 0.350 e. The summed E-state index contributed by atoms with van der Waals surface area (Å²) in [5.74, 6) is 0.192. The van der Waals surface area contributed by atoms with Crippen molar-refractivity contribution in [3.05, 3.63) is 10.4 Å². The molecule has 0 amide bonds. The Hall–Kier alpha value is -1.27. The van der Waals surface area contributed by atoms with Crippen LogP contribution in [0.3, 0.4) is 0 Å². The van der Waals surface area contributed by atoms with Crippen LogP contribution in [0, 0.1) is 0 Å². The number of carbonyl (C=O) groups excluding carboxylic acids is 1. The van der Waals surface area contributed by atoms with Gasteiger partial charge < -0.3 is 20.7 Å². The van der Waals surface area contributed by atoms with Gasteiger partial charge in [0.25, 0.3) is 0 Å². The third kappa shape index (κ3) is 2.50. The Morgan fingerprint density at radius 1 is 1.45 bits per heavy atom. The van der Waals surface area contributed by atoms with E-state index < -0.39 is 0 Å². The van der Waals surface area contributed by atoms with Crippen LogP contribution in [0.2, 0.25) is 0 Å². The smallest absolute Gasteiger partial charge is 0.350 e. The molecule has 1 saturated carbocycles. The van der Waals surface area contributed by atoms with E-state index in [4.69, 9.17) is 10.5 Å². The SMILES string of the molecule is COC(=O)c1sc(NC2CCN(C)C2)c(C2CC2)c1N. The van der Waals surface area contributed by atoms with E-state index in [0.29, 0.717) is 22.5 Å². The summed E-state index contributed by atoms with van der Waals surface area (Å²) in [7, 11) is 3.53. The van der Waals surface area contributed by atoms with Gasteiger partial charge in [0.1, 0.15) is 4.88 Å². The van der Waals surface area contributed by atoms with Gasteiger partial charge in [-0.05, 0) is 38.8 Å². The third-order valence-corrected chi connectivity index (χ3v) is 5.20. The van der Waals surface area contributed by atoms with Gasteiger partial charge in [0, 0.05) is 18.2 Å². The molecule has 1 unspecified atom stereocenters. The first kappa shape index (κ1) is 13.7. The lowest BCUT2D eigenvalue weighted by molar-refractivity contribution is 0.0607. The summed E-state index contributed by atoms with van der Waals surface area (Å²) in [5.41, 5.74) is 7.95. The second kappa shape index (κ2) is 5.26. The molecular weight excluding hydrogens is 274 g/mol. The van der Waals surface area contributed by atoms with Gasteiger partial charge >= 0.3 is 5.97 Å². The summed E-state index contributed by atoms with van der Waals surface area (Å²) in [6, 6.07) is 0.445. The van der Waals surface area contributed by atoms with E-state index in [2.05, 4.69) is 17.3 Å². The summed E-state index contributed by atoms with van der Waals surface area (Å²) in [5, 5.41) is 4.67. The van der Waals surface area contributed by atoms with Crippen LogP contribution in [0.25, 0.3) is 0 Å². The van der Waals surface area contributed by atoms with Crippen molar-refractivity contribution in [2.75, 3.05) is 38.3 Å². The van der Waals surface area contributed by atoms with E-state index >= 15 is 0 Å². The standard InChI is InChI=1S/C14H21N3O2S/c1-17-6-5-9(7-17)16-13-10(8-3-4-8)11(15)12(20-13)14(18)19-2/h8-9,16H,3-7,15H2,1-2H3. The number of nitrogens with two attached hydrogens (primary N) is 1. The number of esters is 1. The van der Waals surface area contributed by atoms with Gasteiger partial charge in [-0.3, -0.25) is 0 Å². The van der Waals surface area contributed by atoms with Crippen molar-refractivity contribution >= 4 is 28.0 Å². The van der Waals surface area contributed by atoms with Crippen LogP contribution >= 0.6 is 11.3 Å². The molecule has 6 heteroatoms. The monoisotopic (exact) mass is 295 g/mol. The minimum Gasteiger partial charge on any atom is -0.465 e. The van der Waals surface area contributed by atoms with Crippen LogP contribution in [-0.2, 0) is 4.74 Å². The van der Waals surface area contributed by atoms with Gasteiger partial charge in [0.15, 0.2) is 0 Å². The topological polar surface area (TPSA) is 67.6 Å². The molecule has 0 aromatic carbocycles. The van der Waals surface area contributed by atoms with Crippen molar-refractivity contribution < 1.29 is 9.53 Å². The molecule has 0 radical (unpaired) electrons. The lowest BCUT2D eigenvalue weighted by atomic mass is 10.1. The summed E-state index contributed by atoms with van der Waals surface area (Å²) in [6.07, 6.45) is 3.47. The molecule has 1 aliphatic heterocycles. The largest absolute Gasteiger partial charge is 0.465 e. The highest BCUT2D eigenvalue weighted by atomic mass is 32.1. The van der Waals surface area contributed by atoms with E-state index in [1.165, 1.54) is 31.3 Å². The Bertz CT molecular complexity index is 525. The number of rotatable bonds is 4. The fourth-order valence-electron chi connectivity index (χ4n) is 2.82. The first-order valence-corrected chi connectivity index (χ1v) is 7.87. The van der Waals surface area contributed by atoms with E-state index in [0.717, 1.165) is 30.1 Å². The molecular formula is C14H21N3O2S. The van der Waals surface area contributed by atoms with Crippen molar-refractivity contribution in [1.29, 1.82) is 0 Å². The quantitative estimate of drug-likeness (QED) is 0.833. The number of hydrogen-bond donors (Lipinski definition) is 2. The molecule has 1 aliphatic carbocycles. The van der Waals surface area contributed by atoms with Crippen LogP contribution in [-0.4, -0.2) is 44.2 Å². The summed E-state index contributed by atoms with van der Waals surface area (Å²) < 4.78 is 4.83. The molecule has 2 aliphatic rings. The maximum atomic E-state index is 11.8. The number of hydrogen-bond acceptors (Lipinski definition) is 6. The highest BCUT2D eigenvalue weighted by Crippen LogP contribution is 2.51. The molecule has 20 heavy (non-hydrogen) atoms. The lowest BCUT2D eigenvalue weighted by Gasteiger charge is -2.14. The molecule has 1 aromatic heterocycles. The molecule has 2 fully saturated rings. The van der Waals surface area contributed by atoms with Crippen LogP contribution in [0.15, 0.2) is 0 Å². The van der Waals surface area contributed by atoms with Gasteiger partial charge in [0.2, 0.25) is 0 Å². The fraction of sp³-hybridized carbons (Fsp3) is 0.643. The van der Waals surface area contributed by atoms with Crippen LogP contribution in [0.1, 0.15) is 40.4 Å². The minimum absolute atomic E-state index is 0.328. The number of carbonyl (C=O) groups is 1. The van der Waals surface area contributed by atoms with Crippen LogP contribution in [0.5, 0.6) is 0 Å². The molecule has 0 bridgehead atoms. The van der Waals surface area contributed by atoms with E-state index in [9.17, 15) is 4.79 Å². The number of methoxy groups -OCH3 is 1. The molecule has 2 heterocycles. The second-order valence-electron chi connectivity index (χ2n) is 5.75. The average molecular weight is 295 g/mol. The molecule has 3 rings (SSSR count). The minimum atomic E-state index is -0.328. The normalized spacial score (nSPS) is 23.0. The Kier molecular flexibility index (Phi) is 3.60. The molecule has 3 N–H and O–H groups in total. The van der Waals surface area contributed by atoms with Crippen LogP contribution in [0.4, 0.5) is 10.7 Å². The summed E-state index contributed by atoms with van der Waals surface area (Å²) in [6.45, 7) is 2.15. The first-order chi connectivity index (χ1) is 9.60. The zero-order valence-corrected chi connectivity index (χ0v) is 12.8. The van der Waals surface area contributed by atoms with Crippen LogP contribution < -0.4 is 11.1 Å². The van der Waals surface area contributed by atoms with Crippen molar-refractivity contribution in [3.8, 4) is 0 Å². The van der Waals surface area contributed by atoms with Gasteiger partial charge in [-0.2, -0.15) is 0 Å². The van der Waals surface area contributed by atoms with E-state index in [1.807, 2.05) is 0 Å². The Labute approximate surface area is 123 Å². The van der Waals surface area contributed by atoms with E-state index in [-0.39, 0.29) is 5.97 Å². The molecule has 0 spiro atoms. The first-order valence-electron chi connectivity index (χ1n) is 7.05. The Balaban J connectivity index is 1.86. The number of nitrogens with zero attached hydrogens (tertiary/aromatic N) is 1. The summed E-state index contributed by atoms with van der Waals surface area (Å²) in [4.78, 5) is 14.7. The zero-order chi connectivity index (χ0) is 14.3. The fourth-order valence-corrected chi connectivity index (χ4v) is 4.03. The summed E-state index contributed by atoms with van der Waals surface area (Å²) >= 11 is 1.45. The van der Waals surface area contributed by atoms with Gasteiger partial charge in [-0.25, -0.2) is 4.79 Å². The van der Waals surface area contributed by atoms with Crippen molar-refractivity contribution in [3.63, 3.8) is 0 Å². The van der Waals surface area contributed by atoms with Crippen molar-refractivity contribution in [2.24, 2.45) is 0 Å². The van der Waals surface area contributed by atoms with Crippen molar-refractivity contribution in [2.45, 2.75) is 31.2 Å². The van der Waals surface area contributed by atoms with Gasteiger partial charge in [-0.1, -0.05) is 0 Å². The number of thiophene rings is 1. The Morgan fingerprint density at radius 2 is 2.20 bits per heavy atom. The molecule has 1 saturated heterocycles. The third-order valence-electron chi connectivity index (χ3n) is 4.07. The second-order valence-corrected chi connectivity index (χ2v) is 6.77. The maximum absolute atomic E-state index is 11.8. The Morgan fingerprint density at radius 3 is 2.75 bits per heavy atom. The van der Waals surface area contributed by atoms with Gasteiger partial charge in [0.05, 0.1) is 17.8 Å².